The van der Waals surface area contributed by atoms with Gasteiger partial charge in [0, 0.05) is 24.4 Å². The van der Waals surface area contributed by atoms with Gasteiger partial charge in [-0.3, -0.25) is 10.1 Å². The zero-order valence-corrected chi connectivity index (χ0v) is 11.2. The highest BCUT2D eigenvalue weighted by Crippen LogP contribution is 2.19. The number of rotatable bonds is 5. The highest BCUT2D eigenvalue weighted by Gasteiger charge is 2.11. The molecular formula is C13H14N4O3. The third-order valence-corrected chi connectivity index (χ3v) is 2.76. The van der Waals surface area contributed by atoms with Crippen LogP contribution < -0.4 is 10.1 Å². The minimum Gasteiger partial charge on any atom is -0.481 e. The molecule has 0 aliphatic rings. The fourth-order valence-corrected chi connectivity index (χ4v) is 1.70. The van der Waals surface area contributed by atoms with Crippen molar-refractivity contribution in [1.29, 1.82) is 0 Å². The SMILES string of the molecule is COc1cc(CNc2cc(C)c([N+](=O)[O-])cn2)ccn1. The molecule has 2 rings (SSSR count). The molecule has 7 heteroatoms. The molecule has 104 valence electrons. The number of pyridine rings is 2. The van der Waals surface area contributed by atoms with Gasteiger partial charge in [-0.15, -0.1) is 0 Å². The first-order chi connectivity index (χ1) is 9.60. The molecule has 0 aliphatic carbocycles. The Morgan fingerprint density at radius 2 is 2.20 bits per heavy atom. The smallest absolute Gasteiger partial charge is 0.290 e. The number of hydrogen-bond acceptors (Lipinski definition) is 6. The predicted octanol–water partition coefficient (Wildman–Crippen LogP) is 2.31. The van der Waals surface area contributed by atoms with Crippen LogP contribution >= 0.6 is 0 Å². The average Bonchev–Trinajstić information content (AvgIpc) is 2.45. The lowest BCUT2D eigenvalue weighted by molar-refractivity contribution is -0.385. The largest absolute Gasteiger partial charge is 0.481 e. The number of methoxy groups -OCH3 is 1. The molecule has 2 heterocycles. The van der Waals surface area contributed by atoms with E-state index in [0.29, 0.717) is 23.8 Å². The quantitative estimate of drug-likeness (QED) is 0.664. The van der Waals surface area contributed by atoms with Crippen LogP contribution in [0.25, 0.3) is 0 Å². The summed E-state index contributed by atoms with van der Waals surface area (Å²) in [5.74, 6) is 1.13. The maximum Gasteiger partial charge on any atom is 0.290 e. The molecule has 0 amide bonds. The van der Waals surface area contributed by atoms with Crippen molar-refractivity contribution >= 4 is 11.5 Å². The van der Waals surface area contributed by atoms with E-state index in [4.69, 9.17) is 4.74 Å². The van der Waals surface area contributed by atoms with Gasteiger partial charge in [0.1, 0.15) is 12.0 Å². The second-order valence-corrected chi connectivity index (χ2v) is 4.17. The summed E-state index contributed by atoms with van der Waals surface area (Å²) < 4.78 is 5.04. The Morgan fingerprint density at radius 3 is 2.85 bits per heavy atom. The molecule has 1 N–H and O–H groups in total. The number of nitrogens with one attached hydrogen (secondary N) is 1. The number of anilines is 1. The summed E-state index contributed by atoms with van der Waals surface area (Å²) in [7, 11) is 1.56. The molecule has 0 radical (unpaired) electrons. The van der Waals surface area contributed by atoms with Gasteiger partial charge in [-0.2, -0.15) is 0 Å². The Kier molecular flexibility index (Phi) is 4.09. The number of ether oxygens (including phenoxy) is 1. The predicted molar refractivity (Wildman–Crippen MR) is 73.7 cm³/mol. The fraction of sp³-hybridized carbons (Fsp3) is 0.231. The van der Waals surface area contributed by atoms with Crippen LogP contribution in [0.15, 0.2) is 30.6 Å². The summed E-state index contributed by atoms with van der Waals surface area (Å²) in [6, 6.07) is 5.32. The van der Waals surface area contributed by atoms with Crippen molar-refractivity contribution in [1.82, 2.24) is 9.97 Å². The molecule has 2 aromatic rings. The lowest BCUT2D eigenvalue weighted by atomic mass is 10.2. The van der Waals surface area contributed by atoms with Gasteiger partial charge >= 0.3 is 0 Å². The number of nitrogens with zero attached hydrogens (tertiary/aromatic N) is 3. The van der Waals surface area contributed by atoms with Gasteiger partial charge in [-0.25, -0.2) is 9.97 Å². The summed E-state index contributed by atoms with van der Waals surface area (Å²) in [4.78, 5) is 18.3. The van der Waals surface area contributed by atoms with E-state index < -0.39 is 4.92 Å². The minimum absolute atomic E-state index is 0.0149. The summed E-state index contributed by atoms with van der Waals surface area (Å²) >= 11 is 0. The van der Waals surface area contributed by atoms with Crippen molar-refractivity contribution in [3.8, 4) is 5.88 Å². The molecule has 0 fully saturated rings. The van der Waals surface area contributed by atoms with Crippen LogP contribution in [-0.2, 0) is 6.54 Å². The van der Waals surface area contributed by atoms with Crippen LogP contribution in [-0.4, -0.2) is 22.0 Å². The standard InChI is InChI=1S/C13H14N4O3/c1-9-5-12(16-8-11(9)17(18)19)15-7-10-3-4-14-13(6-10)20-2/h3-6,8H,7H2,1-2H3,(H,15,16). The Balaban J connectivity index is 2.07. The second-order valence-electron chi connectivity index (χ2n) is 4.17. The molecule has 0 atom stereocenters. The van der Waals surface area contributed by atoms with E-state index >= 15 is 0 Å². The van der Waals surface area contributed by atoms with E-state index in [1.165, 1.54) is 6.20 Å². The first-order valence-corrected chi connectivity index (χ1v) is 5.94. The van der Waals surface area contributed by atoms with Gasteiger partial charge in [0.05, 0.1) is 12.0 Å². The van der Waals surface area contributed by atoms with E-state index in [1.807, 2.05) is 12.1 Å². The number of hydrogen-bond donors (Lipinski definition) is 1. The number of aromatic nitrogens is 2. The Labute approximate surface area is 115 Å². The van der Waals surface area contributed by atoms with Crippen LogP contribution in [0.2, 0.25) is 0 Å². The molecule has 0 unspecified atom stereocenters. The van der Waals surface area contributed by atoms with E-state index in [-0.39, 0.29) is 5.69 Å². The van der Waals surface area contributed by atoms with Crippen LogP contribution in [0.4, 0.5) is 11.5 Å². The monoisotopic (exact) mass is 274 g/mol. The maximum atomic E-state index is 10.7. The van der Waals surface area contributed by atoms with Gasteiger partial charge in [-0.1, -0.05) is 0 Å². The van der Waals surface area contributed by atoms with Crippen molar-refractivity contribution in [3.05, 3.63) is 51.8 Å². The van der Waals surface area contributed by atoms with Crippen molar-refractivity contribution < 1.29 is 9.66 Å². The summed E-state index contributed by atoms with van der Waals surface area (Å²) in [5.41, 5.74) is 1.57. The summed E-state index contributed by atoms with van der Waals surface area (Å²) in [6.07, 6.45) is 2.91. The topological polar surface area (TPSA) is 90.2 Å². The highest BCUT2D eigenvalue weighted by molar-refractivity contribution is 5.47. The Bertz CT molecular complexity index is 631. The molecule has 0 aliphatic heterocycles. The van der Waals surface area contributed by atoms with Crippen LogP contribution in [0.3, 0.4) is 0 Å². The Morgan fingerprint density at radius 1 is 1.40 bits per heavy atom. The van der Waals surface area contributed by atoms with Crippen LogP contribution in [0.1, 0.15) is 11.1 Å². The van der Waals surface area contributed by atoms with Crippen molar-refractivity contribution in [3.63, 3.8) is 0 Å². The first-order valence-electron chi connectivity index (χ1n) is 5.94. The van der Waals surface area contributed by atoms with E-state index in [1.54, 1.807) is 26.3 Å². The molecular weight excluding hydrogens is 260 g/mol. The first kappa shape index (κ1) is 13.7. The lowest BCUT2D eigenvalue weighted by Crippen LogP contribution is -2.03. The van der Waals surface area contributed by atoms with Crippen molar-refractivity contribution in [2.24, 2.45) is 0 Å². The van der Waals surface area contributed by atoms with Gasteiger partial charge in [0.2, 0.25) is 5.88 Å². The van der Waals surface area contributed by atoms with Gasteiger partial charge in [0.15, 0.2) is 0 Å². The van der Waals surface area contributed by atoms with Gasteiger partial charge in [0.25, 0.3) is 5.69 Å². The average molecular weight is 274 g/mol. The van der Waals surface area contributed by atoms with Crippen LogP contribution in [0, 0.1) is 17.0 Å². The molecule has 2 aromatic heterocycles. The van der Waals surface area contributed by atoms with E-state index in [2.05, 4.69) is 15.3 Å². The molecule has 7 nitrogen and oxygen atoms in total. The molecule has 20 heavy (non-hydrogen) atoms. The second kappa shape index (κ2) is 5.96. The highest BCUT2D eigenvalue weighted by atomic mass is 16.6. The van der Waals surface area contributed by atoms with Crippen molar-refractivity contribution in [2.75, 3.05) is 12.4 Å². The summed E-state index contributed by atoms with van der Waals surface area (Å²) in [5, 5.41) is 13.8. The van der Waals surface area contributed by atoms with Gasteiger partial charge < -0.3 is 10.1 Å². The fourth-order valence-electron chi connectivity index (χ4n) is 1.70. The van der Waals surface area contributed by atoms with E-state index in [0.717, 1.165) is 5.56 Å². The third-order valence-electron chi connectivity index (χ3n) is 2.76. The maximum absolute atomic E-state index is 10.7. The zero-order chi connectivity index (χ0) is 14.5. The normalized spacial score (nSPS) is 10.1. The molecule has 0 bridgehead atoms. The lowest BCUT2D eigenvalue weighted by Gasteiger charge is -2.07. The molecule has 0 spiro atoms. The molecule has 0 saturated carbocycles. The van der Waals surface area contributed by atoms with Gasteiger partial charge in [-0.05, 0) is 24.6 Å². The van der Waals surface area contributed by atoms with Crippen molar-refractivity contribution in [2.45, 2.75) is 13.5 Å². The Hall–Kier alpha value is -2.70. The molecule has 0 aromatic carbocycles. The number of nitro groups is 1. The molecule has 0 saturated heterocycles. The number of aryl methyl sites for hydroxylation is 1. The minimum atomic E-state index is -0.445. The van der Waals surface area contributed by atoms with Crippen LogP contribution in [0.5, 0.6) is 5.88 Å². The van der Waals surface area contributed by atoms with E-state index in [9.17, 15) is 10.1 Å². The zero-order valence-electron chi connectivity index (χ0n) is 11.2. The summed E-state index contributed by atoms with van der Waals surface area (Å²) in [6.45, 7) is 2.21. The third kappa shape index (κ3) is 3.19.